The molecule has 0 aromatic carbocycles. The lowest BCUT2D eigenvalue weighted by Gasteiger charge is -2.30. The molecule has 2 unspecified atom stereocenters. The predicted octanol–water partition coefficient (Wildman–Crippen LogP) is 1.71. The van der Waals surface area contributed by atoms with Crippen molar-refractivity contribution in [1.29, 1.82) is 0 Å². The van der Waals surface area contributed by atoms with Crippen LogP contribution in [0.5, 0.6) is 0 Å². The molecule has 3 nitrogen and oxygen atoms in total. The molecular formula is C10H18N2O. The van der Waals surface area contributed by atoms with Crippen LogP contribution in [0.1, 0.15) is 32.1 Å². The Balaban J connectivity index is 1.91. The van der Waals surface area contributed by atoms with E-state index < -0.39 is 0 Å². The van der Waals surface area contributed by atoms with Gasteiger partial charge in [-0.1, -0.05) is 12.8 Å². The van der Waals surface area contributed by atoms with Crippen LogP contribution in [0.4, 0.5) is 0 Å². The molecule has 0 aromatic heterocycles. The second kappa shape index (κ2) is 4.09. The van der Waals surface area contributed by atoms with Crippen molar-refractivity contribution in [2.45, 2.75) is 38.1 Å². The third kappa shape index (κ3) is 1.85. The summed E-state index contributed by atoms with van der Waals surface area (Å²) >= 11 is 0. The van der Waals surface area contributed by atoms with Crippen LogP contribution in [0.2, 0.25) is 0 Å². The lowest BCUT2D eigenvalue weighted by molar-refractivity contribution is 0.202. The standard InChI is InChI=1S/C10H18N2O/c13-11-6-8-12-7-5-9-3-1-2-4-10(9)12/h6,9-10,13H,1-5,7-8H2. The minimum absolute atomic E-state index is 0.784. The largest absolute Gasteiger partial charge is 0.411 e. The maximum Gasteiger partial charge on any atom is 0.0576 e. The third-order valence-electron chi connectivity index (χ3n) is 3.52. The Morgan fingerprint density at radius 3 is 3.00 bits per heavy atom. The van der Waals surface area contributed by atoms with Gasteiger partial charge in [0.15, 0.2) is 0 Å². The first kappa shape index (κ1) is 9.00. The van der Waals surface area contributed by atoms with E-state index in [9.17, 15) is 0 Å². The minimum Gasteiger partial charge on any atom is -0.411 e. The highest BCUT2D eigenvalue weighted by molar-refractivity contribution is 5.58. The first-order valence-electron chi connectivity index (χ1n) is 5.32. The molecule has 1 aliphatic carbocycles. The van der Waals surface area contributed by atoms with E-state index in [2.05, 4.69) is 10.1 Å². The van der Waals surface area contributed by atoms with Gasteiger partial charge in [-0.2, -0.15) is 0 Å². The first-order chi connectivity index (χ1) is 6.42. The zero-order valence-corrected chi connectivity index (χ0v) is 8.02. The molecule has 1 heterocycles. The van der Waals surface area contributed by atoms with E-state index in [0.717, 1.165) is 18.5 Å². The highest BCUT2D eigenvalue weighted by atomic mass is 16.4. The number of oxime groups is 1. The molecule has 1 saturated heterocycles. The molecule has 0 radical (unpaired) electrons. The van der Waals surface area contributed by atoms with E-state index in [1.54, 1.807) is 6.21 Å². The monoisotopic (exact) mass is 182 g/mol. The van der Waals surface area contributed by atoms with Crippen LogP contribution < -0.4 is 0 Å². The molecule has 13 heavy (non-hydrogen) atoms. The average Bonchev–Trinajstić information content (AvgIpc) is 2.58. The van der Waals surface area contributed by atoms with Crippen molar-refractivity contribution in [3.05, 3.63) is 0 Å². The van der Waals surface area contributed by atoms with Crippen molar-refractivity contribution in [3.8, 4) is 0 Å². The van der Waals surface area contributed by atoms with Crippen molar-refractivity contribution in [3.63, 3.8) is 0 Å². The normalized spacial score (nSPS) is 35.4. The summed E-state index contributed by atoms with van der Waals surface area (Å²) in [7, 11) is 0. The summed E-state index contributed by atoms with van der Waals surface area (Å²) in [5.41, 5.74) is 0. The Morgan fingerprint density at radius 1 is 1.31 bits per heavy atom. The number of hydrogen-bond donors (Lipinski definition) is 1. The van der Waals surface area contributed by atoms with Gasteiger partial charge in [0.25, 0.3) is 0 Å². The Bertz CT molecular complexity index is 193. The molecule has 3 heteroatoms. The smallest absolute Gasteiger partial charge is 0.0576 e. The summed E-state index contributed by atoms with van der Waals surface area (Å²) in [6.07, 6.45) is 8.53. The molecule has 0 spiro atoms. The summed E-state index contributed by atoms with van der Waals surface area (Å²) < 4.78 is 0. The maximum atomic E-state index is 8.37. The Kier molecular flexibility index (Phi) is 2.83. The van der Waals surface area contributed by atoms with E-state index in [-0.39, 0.29) is 0 Å². The highest BCUT2D eigenvalue weighted by Gasteiger charge is 2.34. The van der Waals surface area contributed by atoms with Crippen LogP contribution in [-0.2, 0) is 0 Å². The molecule has 0 amide bonds. The van der Waals surface area contributed by atoms with Gasteiger partial charge in [0.1, 0.15) is 0 Å². The Hall–Kier alpha value is -0.570. The minimum atomic E-state index is 0.784. The number of rotatable bonds is 2. The van der Waals surface area contributed by atoms with Crippen molar-refractivity contribution < 1.29 is 5.21 Å². The number of hydrogen-bond acceptors (Lipinski definition) is 3. The van der Waals surface area contributed by atoms with Crippen LogP contribution in [0.15, 0.2) is 5.16 Å². The molecule has 2 rings (SSSR count). The van der Waals surface area contributed by atoms with Gasteiger partial charge in [-0.15, -0.1) is 5.16 Å². The fraction of sp³-hybridized carbons (Fsp3) is 0.900. The zero-order valence-electron chi connectivity index (χ0n) is 8.02. The van der Waals surface area contributed by atoms with E-state index in [0.29, 0.717) is 0 Å². The second-order valence-corrected chi connectivity index (χ2v) is 4.19. The maximum absolute atomic E-state index is 8.37. The predicted molar refractivity (Wildman–Crippen MR) is 52.2 cm³/mol. The van der Waals surface area contributed by atoms with Crippen LogP contribution in [-0.4, -0.2) is 35.5 Å². The fourth-order valence-electron chi connectivity index (χ4n) is 2.87. The van der Waals surface area contributed by atoms with E-state index in [4.69, 9.17) is 5.21 Å². The number of fused-ring (bicyclic) bond motifs is 1. The van der Waals surface area contributed by atoms with Gasteiger partial charge in [-0.3, -0.25) is 4.90 Å². The number of likely N-dealkylation sites (tertiary alicyclic amines) is 1. The molecule has 74 valence electrons. The Morgan fingerprint density at radius 2 is 2.15 bits per heavy atom. The molecular weight excluding hydrogens is 164 g/mol. The SMILES string of the molecule is ON=CCN1CCC2CCCCC21. The van der Waals surface area contributed by atoms with Gasteiger partial charge in [0.2, 0.25) is 0 Å². The molecule has 2 fully saturated rings. The molecule has 2 aliphatic rings. The molecule has 0 bridgehead atoms. The Labute approximate surface area is 79.4 Å². The summed E-state index contributed by atoms with van der Waals surface area (Å²) in [4.78, 5) is 2.46. The van der Waals surface area contributed by atoms with Crippen LogP contribution in [0.3, 0.4) is 0 Å². The van der Waals surface area contributed by atoms with E-state index >= 15 is 0 Å². The number of nitrogens with zero attached hydrogens (tertiary/aromatic N) is 2. The van der Waals surface area contributed by atoms with Gasteiger partial charge in [-0.25, -0.2) is 0 Å². The summed E-state index contributed by atoms with van der Waals surface area (Å²) in [5, 5.41) is 11.4. The molecule has 0 aromatic rings. The highest BCUT2D eigenvalue weighted by Crippen LogP contribution is 2.35. The molecule has 1 saturated carbocycles. The van der Waals surface area contributed by atoms with E-state index in [1.165, 1.54) is 38.6 Å². The lowest BCUT2D eigenvalue weighted by Crippen LogP contribution is -2.35. The molecule has 1 N–H and O–H groups in total. The quantitative estimate of drug-likeness (QED) is 0.401. The van der Waals surface area contributed by atoms with Gasteiger partial charge in [0.05, 0.1) is 6.21 Å². The zero-order chi connectivity index (χ0) is 9.10. The van der Waals surface area contributed by atoms with E-state index in [1.807, 2.05) is 0 Å². The van der Waals surface area contributed by atoms with Crippen molar-refractivity contribution >= 4 is 6.21 Å². The van der Waals surface area contributed by atoms with Crippen LogP contribution in [0, 0.1) is 5.92 Å². The third-order valence-corrected chi connectivity index (χ3v) is 3.52. The summed E-state index contributed by atoms with van der Waals surface area (Å²) in [6.45, 7) is 2.03. The van der Waals surface area contributed by atoms with Gasteiger partial charge < -0.3 is 5.21 Å². The van der Waals surface area contributed by atoms with Gasteiger partial charge in [-0.05, 0) is 31.7 Å². The van der Waals surface area contributed by atoms with Gasteiger partial charge in [0, 0.05) is 12.6 Å². The topological polar surface area (TPSA) is 35.8 Å². The van der Waals surface area contributed by atoms with Crippen molar-refractivity contribution in [2.24, 2.45) is 11.1 Å². The van der Waals surface area contributed by atoms with Gasteiger partial charge >= 0.3 is 0 Å². The van der Waals surface area contributed by atoms with Crippen LogP contribution in [0.25, 0.3) is 0 Å². The molecule has 1 aliphatic heterocycles. The summed E-state index contributed by atoms with van der Waals surface area (Å²) in [5.74, 6) is 0.931. The molecule has 2 atom stereocenters. The van der Waals surface area contributed by atoms with Crippen molar-refractivity contribution in [1.82, 2.24) is 4.90 Å². The first-order valence-corrected chi connectivity index (χ1v) is 5.32. The van der Waals surface area contributed by atoms with Crippen LogP contribution >= 0.6 is 0 Å². The average molecular weight is 182 g/mol. The fourth-order valence-corrected chi connectivity index (χ4v) is 2.87. The lowest BCUT2D eigenvalue weighted by atomic mass is 9.85. The van der Waals surface area contributed by atoms with Crippen molar-refractivity contribution in [2.75, 3.05) is 13.1 Å². The summed E-state index contributed by atoms with van der Waals surface area (Å²) in [6, 6.07) is 0.784. The second-order valence-electron chi connectivity index (χ2n) is 4.19.